The third-order valence-corrected chi connectivity index (χ3v) is 4.79. The first-order valence-electron chi connectivity index (χ1n) is 6.45. The largest absolute Gasteiger partial charge is 0.393 e. The van der Waals surface area contributed by atoms with E-state index in [1.54, 1.807) is 0 Å². The van der Waals surface area contributed by atoms with Gasteiger partial charge in [-0.05, 0) is 49.9 Å². The van der Waals surface area contributed by atoms with Crippen molar-refractivity contribution in [2.75, 3.05) is 0 Å². The number of aliphatic hydroxyl groups excluding tert-OH is 1. The molecular weight excluding hydrogens is 172 g/mol. The normalized spacial score (nSPS) is 44.1. The van der Waals surface area contributed by atoms with Gasteiger partial charge in [0.25, 0.3) is 0 Å². The van der Waals surface area contributed by atoms with E-state index in [2.05, 4.69) is 6.92 Å². The van der Waals surface area contributed by atoms with Crippen molar-refractivity contribution < 1.29 is 5.11 Å². The van der Waals surface area contributed by atoms with Gasteiger partial charge in [-0.15, -0.1) is 0 Å². The molecule has 0 amide bonds. The first kappa shape index (κ1) is 10.5. The lowest BCUT2D eigenvalue weighted by Gasteiger charge is -2.48. The van der Waals surface area contributed by atoms with E-state index in [0.717, 1.165) is 18.8 Å². The first-order valence-corrected chi connectivity index (χ1v) is 6.45. The van der Waals surface area contributed by atoms with E-state index >= 15 is 0 Å². The van der Waals surface area contributed by atoms with Gasteiger partial charge in [0.15, 0.2) is 0 Å². The summed E-state index contributed by atoms with van der Waals surface area (Å²) < 4.78 is 0. The minimum atomic E-state index is 0.0139. The lowest BCUT2D eigenvalue weighted by atomic mass is 9.58. The average Bonchev–Trinajstić information content (AvgIpc) is 2.23. The highest BCUT2D eigenvalue weighted by Gasteiger charge is 2.41. The topological polar surface area (TPSA) is 20.2 Å². The molecule has 2 aliphatic rings. The van der Waals surface area contributed by atoms with Crippen LogP contribution in [-0.4, -0.2) is 11.2 Å². The van der Waals surface area contributed by atoms with Crippen LogP contribution in [0, 0.1) is 11.3 Å². The molecule has 0 heterocycles. The number of rotatable bonds is 1. The molecule has 1 nitrogen and oxygen atoms in total. The summed E-state index contributed by atoms with van der Waals surface area (Å²) in [6.45, 7) is 2.35. The molecule has 2 rings (SSSR count). The zero-order chi connectivity index (χ0) is 10.0. The fraction of sp³-hybridized carbons (Fsp3) is 1.00. The molecule has 0 aromatic rings. The first-order chi connectivity index (χ1) is 6.77. The van der Waals surface area contributed by atoms with Crippen molar-refractivity contribution in [2.45, 2.75) is 70.8 Å². The molecule has 0 radical (unpaired) electrons. The Kier molecular flexibility index (Phi) is 3.16. The van der Waals surface area contributed by atoms with E-state index in [0.29, 0.717) is 5.41 Å². The van der Waals surface area contributed by atoms with Crippen molar-refractivity contribution in [3.8, 4) is 0 Å². The van der Waals surface area contributed by atoms with Crippen LogP contribution in [0.25, 0.3) is 0 Å². The smallest absolute Gasteiger partial charge is 0.0540 e. The number of hydrogen-bond donors (Lipinski definition) is 1. The minimum absolute atomic E-state index is 0.0139. The maximum Gasteiger partial charge on any atom is 0.0540 e. The second kappa shape index (κ2) is 4.22. The van der Waals surface area contributed by atoms with Gasteiger partial charge in [-0.2, -0.15) is 0 Å². The van der Waals surface area contributed by atoms with Crippen LogP contribution in [0.5, 0.6) is 0 Å². The van der Waals surface area contributed by atoms with Gasteiger partial charge in [0.1, 0.15) is 0 Å². The summed E-state index contributed by atoms with van der Waals surface area (Å²) >= 11 is 0. The van der Waals surface area contributed by atoms with Crippen molar-refractivity contribution in [2.24, 2.45) is 11.3 Å². The molecule has 2 fully saturated rings. The van der Waals surface area contributed by atoms with Crippen molar-refractivity contribution in [3.63, 3.8) is 0 Å². The third kappa shape index (κ3) is 1.84. The SMILES string of the molecule is CCC1CCCCC12CCC(O)CC2. The maximum absolute atomic E-state index is 9.58. The summed E-state index contributed by atoms with van der Waals surface area (Å²) in [6.07, 6.45) is 11.9. The zero-order valence-electron chi connectivity index (χ0n) is 9.47. The molecule has 1 heteroatoms. The Morgan fingerprint density at radius 2 is 1.79 bits per heavy atom. The summed E-state index contributed by atoms with van der Waals surface area (Å²) in [6, 6.07) is 0. The Morgan fingerprint density at radius 3 is 2.43 bits per heavy atom. The molecule has 0 aliphatic heterocycles. The van der Waals surface area contributed by atoms with E-state index in [1.165, 1.54) is 44.9 Å². The standard InChI is InChI=1S/C13H24O/c1-2-11-5-3-4-8-13(11)9-6-12(14)7-10-13/h11-12,14H,2-10H2,1H3. The van der Waals surface area contributed by atoms with E-state index in [-0.39, 0.29) is 6.10 Å². The van der Waals surface area contributed by atoms with Crippen LogP contribution in [0.1, 0.15) is 64.7 Å². The highest BCUT2D eigenvalue weighted by molar-refractivity contribution is 4.92. The fourth-order valence-electron chi connectivity index (χ4n) is 3.85. The van der Waals surface area contributed by atoms with Crippen molar-refractivity contribution in [1.82, 2.24) is 0 Å². The van der Waals surface area contributed by atoms with Gasteiger partial charge in [0.05, 0.1) is 6.10 Å². The van der Waals surface area contributed by atoms with E-state index in [1.807, 2.05) is 0 Å². The number of aliphatic hydroxyl groups is 1. The van der Waals surface area contributed by atoms with Crippen LogP contribution >= 0.6 is 0 Å². The van der Waals surface area contributed by atoms with Crippen LogP contribution in [0.4, 0.5) is 0 Å². The molecule has 0 bridgehead atoms. The molecule has 0 saturated heterocycles. The summed E-state index contributed by atoms with van der Waals surface area (Å²) in [5, 5.41) is 9.58. The Labute approximate surface area is 87.9 Å². The van der Waals surface area contributed by atoms with Gasteiger partial charge in [-0.25, -0.2) is 0 Å². The monoisotopic (exact) mass is 196 g/mol. The zero-order valence-corrected chi connectivity index (χ0v) is 9.47. The molecule has 1 spiro atoms. The predicted molar refractivity (Wildman–Crippen MR) is 59.2 cm³/mol. The Balaban J connectivity index is 2.03. The lowest BCUT2D eigenvalue weighted by Crippen LogP contribution is -2.38. The summed E-state index contributed by atoms with van der Waals surface area (Å²) in [5.74, 6) is 0.962. The molecule has 1 atom stereocenters. The van der Waals surface area contributed by atoms with Gasteiger partial charge in [-0.3, -0.25) is 0 Å². The van der Waals surface area contributed by atoms with E-state index in [9.17, 15) is 5.11 Å². The molecule has 0 aromatic heterocycles. The highest BCUT2D eigenvalue weighted by atomic mass is 16.3. The minimum Gasteiger partial charge on any atom is -0.393 e. The Bertz CT molecular complexity index is 180. The van der Waals surface area contributed by atoms with Crippen molar-refractivity contribution >= 4 is 0 Å². The summed E-state index contributed by atoms with van der Waals surface area (Å²) in [5.41, 5.74) is 0.645. The maximum atomic E-state index is 9.58. The van der Waals surface area contributed by atoms with E-state index < -0.39 is 0 Å². The second-order valence-electron chi connectivity index (χ2n) is 5.44. The van der Waals surface area contributed by atoms with Crippen molar-refractivity contribution in [1.29, 1.82) is 0 Å². The molecule has 0 aromatic carbocycles. The van der Waals surface area contributed by atoms with Crippen LogP contribution in [-0.2, 0) is 0 Å². The van der Waals surface area contributed by atoms with Gasteiger partial charge in [-0.1, -0.05) is 26.2 Å². The van der Waals surface area contributed by atoms with Crippen molar-refractivity contribution in [3.05, 3.63) is 0 Å². The van der Waals surface area contributed by atoms with Gasteiger partial charge >= 0.3 is 0 Å². The summed E-state index contributed by atoms with van der Waals surface area (Å²) in [7, 11) is 0. The van der Waals surface area contributed by atoms with Crippen LogP contribution in [0.3, 0.4) is 0 Å². The van der Waals surface area contributed by atoms with E-state index in [4.69, 9.17) is 0 Å². The van der Waals surface area contributed by atoms with Crippen LogP contribution < -0.4 is 0 Å². The Hall–Kier alpha value is -0.0400. The molecule has 1 N–H and O–H groups in total. The van der Waals surface area contributed by atoms with Crippen LogP contribution in [0.15, 0.2) is 0 Å². The molecular formula is C13H24O. The molecule has 2 aliphatic carbocycles. The lowest BCUT2D eigenvalue weighted by molar-refractivity contribution is -0.00315. The molecule has 2 saturated carbocycles. The predicted octanol–water partition coefficient (Wildman–Crippen LogP) is 3.51. The molecule has 82 valence electrons. The van der Waals surface area contributed by atoms with Gasteiger partial charge < -0.3 is 5.11 Å². The molecule has 14 heavy (non-hydrogen) atoms. The second-order valence-corrected chi connectivity index (χ2v) is 5.44. The fourth-order valence-corrected chi connectivity index (χ4v) is 3.85. The highest BCUT2D eigenvalue weighted by Crippen LogP contribution is 2.52. The quantitative estimate of drug-likeness (QED) is 0.680. The molecule has 1 unspecified atom stereocenters. The third-order valence-electron chi connectivity index (χ3n) is 4.79. The van der Waals surface area contributed by atoms with Gasteiger partial charge in [0, 0.05) is 0 Å². The Morgan fingerprint density at radius 1 is 1.07 bits per heavy atom. The van der Waals surface area contributed by atoms with Gasteiger partial charge in [0.2, 0.25) is 0 Å². The van der Waals surface area contributed by atoms with Crippen LogP contribution in [0.2, 0.25) is 0 Å². The average molecular weight is 196 g/mol. The number of hydrogen-bond acceptors (Lipinski definition) is 1. The summed E-state index contributed by atoms with van der Waals surface area (Å²) in [4.78, 5) is 0.